The van der Waals surface area contributed by atoms with Crippen LogP contribution >= 0.6 is 0 Å². The molecule has 3 rings (SSSR count). The number of alkyl halides is 3. The van der Waals surface area contributed by atoms with E-state index in [1.54, 1.807) is 37.4 Å². The van der Waals surface area contributed by atoms with Crippen LogP contribution in [-0.2, 0) is 22.7 Å². The summed E-state index contributed by atoms with van der Waals surface area (Å²) in [7, 11) is -2.45. The number of nitrogens with one attached hydrogen (secondary N) is 1. The lowest BCUT2D eigenvalue weighted by molar-refractivity contribution is -0.137. The average molecular weight is 423 g/mol. The summed E-state index contributed by atoms with van der Waals surface area (Å²) in [5.74, 6) is 0.687. The lowest BCUT2D eigenvalue weighted by Gasteiger charge is -2.10. The van der Waals surface area contributed by atoms with E-state index < -0.39 is 21.8 Å². The average Bonchev–Trinajstić information content (AvgIpc) is 2.72. The zero-order valence-corrected chi connectivity index (χ0v) is 16.0. The van der Waals surface area contributed by atoms with Crippen LogP contribution in [-0.4, -0.2) is 25.5 Å². The molecule has 29 heavy (non-hydrogen) atoms. The normalized spacial score (nSPS) is 12.0. The third-order valence-corrected chi connectivity index (χ3v) is 5.46. The fourth-order valence-corrected chi connectivity index (χ4v) is 3.49. The third-order valence-electron chi connectivity index (χ3n) is 4.04. The van der Waals surface area contributed by atoms with Crippen LogP contribution < -0.4 is 9.46 Å². The molecule has 0 unspecified atom stereocenters. The summed E-state index contributed by atoms with van der Waals surface area (Å²) in [6, 6.07) is 12.0. The Balaban J connectivity index is 1.73. The zero-order chi connectivity index (χ0) is 21.1. The monoisotopic (exact) mass is 423 g/mol. The van der Waals surface area contributed by atoms with Gasteiger partial charge in [0.15, 0.2) is 0 Å². The molecular weight excluding hydrogens is 407 g/mol. The summed E-state index contributed by atoms with van der Waals surface area (Å²) in [6.07, 6.45) is -3.23. The second-order valence-electron chi connectivity index (χ2n) is 5.97. The number of halogens is 3. The minimum absolute atomic E-state index is 0.144. The van der Waals surface area contributed by atoms with Gasteiger partial charge in [0.1, 0.15) is 12.1 Å². The van der Waals surface area contributed by atoms with E-state index in [0.717, 1.165) is 29.8 Å². The predicted molar refractivity (Wildman–Crippen MR) is 99.5 cm³/mol. The van der Waals surface area contributed by atoms with Gasteiger partial charge in [0.05, 0.1) is 35.5 Å². The van der Waals surface area contributed by atoms with Crippen molar-refractivity contribution in [3.63, 3.8) is 0 Å². The first-order valence-electron chi connectivity index (χ1n) is 8.31. The molecule has 0 saturated heterocycles. The molecule has 0 aliphatic rings. The van der Waals surface area contributed by atoms with Gasteiger partial charge in [0.2, 0.25) is 10.0 Å². The molecule has 0 aliphatic carbocycles. The van der Waals surface area contributed by atoms with Gasteiger partial charge < -0.3 is 4.74 Å². The largest absolute Gasteiger partial charge is 0.497 e. The first-order chi connectivity index (χ1) is 13.7. The maximum atomic E-state index is 12.6. The standard InChI is InChI=1S/C19H16F3N3O3S/c1-28-16-6-2-13(3-7-16)18-10-15(23-12-24-18)11-25-29(26,27)17-8-4-14(5-9-17)19(20,21)22/h2-10,12,25H,11H2,1H3. The lowest BCUT2D eigenvalue weighted by Crippen LogP contribution is -2.24. The summed E-state index contributed by atoms with van der Waals surface area (Å²) >= 11 is 0. The van der Waals surface area contributed by atoms with Gasteiger partial charge >= 0.3 is 6.18 Å². The molecule has 0 fully saturated rings. The van der Waals surface area contributed by atoms with E-state index in [4.69, 9.17) is 4.74 Å². The summed E-state index contributed by atoms with van der Waals surface area (Å²) < 4.78 is 70.0. The molecule has 1 aromatic heterocycles. The Morgan fingerprint density at radius 1 is 1.00 bits per heavy atom. The second-order valence-corrected chi connectivity index (χ2v) is 7.74. The van der Waals surface area contributed by atoms with E-state index in [2.05, 4.69) is 14.7 Å². The van der Waals surface area contributed by atoms with E-state index in [9.17, 15) is 21.6 Å². The number of nitrogens with zero attached hydrogens (tertiary/aromatic N) is 2. The Hall–Kier alpha value is -2.98. The van der Waals surface area contributed by atoms with E-state index in [-0.39, 0.29) is 11.4 Å². The van der Waals surface area contributed by atoms with Crippen molar-refractivity contribution in [2.45, 2.75) is 17.6 Å². The van der Waals surface area contributed by atoms with E-state index >= 15 is 0 Å². The topological polar surface area (TPSA) is 81.2 Å². The van der Waals surface area contributed by atoms with Crippen LogP contribution in [0.2, 0.25) is 0 Å². The minimum Gasteiger partial charge on any atom is -0.497 e. The van der Waals surface area contributed by atoms with Crippen LogP contribution in [0.3, 0.4) is 0 Å². The Labute approximate surface area is 165 Å². The van der Waals surface area contributed by atoms with Crippen molar-refractivity contribution >= 4 is 10.0 Å². The highest BCUT2D eigenvalue weighted by molar-refractivity contribution is 7.89. The number of sulfonamides is 1. The molecule has 10 heteroatoms. The van der Waals surface area contributed by atoms with Gasteiger partial charge in [-0.05, 0) is 54.6 Å². The van der Waals surface area contributed by atoms with Crippen molar-refractivity contribution in [2.75, 3.05) is 7.11 Å². The number of rotatable bonds is 6. The molecule has 0 aliphatic heterocycles. The van der Waals surface area contributed by atoms with Crippen molar-refractivity contribution < 1.29 is 26.3 Å². The molecule has 1 N–H and O–H groups in total. The van der Waals surface area contributed by atoms with Crippen molar-refractivity contribution in [2.24, 2.45) is 0 Å². The van der Waals surface area contributed by atoms with Gasteiger partial charge in [0, 0.05) is 5.56 Å². The molecular formula is C19H16F3N3O3S. The molecule has 0 saturated carbocycles. The van der Waals surface area contributed by atoms with Gasteiger partial charge in [-0.15, -0.1) is 0 Å². The molecule has 6 nitrogen and oxygen atoms in total. The molecule has 0 radical (unpaired) electrons. The van der Waals surface area contributed by atoms with Crippen LogP contribution in [0.4, 0.5) is 13.2 Å². The zero-order valence-electron chi connectivity index (χ0n) is 15.1. The molecule has 2 aromatic carbocycles. The van der Waals surface area contributed by atoms with Gasteiger partial charge in [-0.3, -0.25) is 0 Å². The minimum atomic E-state index is -4.53. The smallest absolute Gasteiger partial charge is 0.416 e. The third kappa shape index (κ3) is 5.09. The molecule has 152 valence electrons. The van der Waals surface area contributed by atoms with Crippen LogP contribution in [0.25, 0.3) is 11.3 Å². The molecule has 3 aromatic rings. The summed E-state index contributed by atoms with van der Waals surface area (Å²) in [5, 5.41) is 0. The van der Waals surface area contributed by atoms with E-state index in [1.807, 2.05) is 0 Å². The van der Waals surface area contributed by atoms with Crippen molar-refractivity contribution in [1.29, 1.82) is 0 Å². The first kappa shape index (κ1) is 20.7. The van der Waals surface area contributed by atoms with Gasteiger partial charge in [-0.25, -0.2) is 23.1 Å². The van der Waals surface area contributed by atoms with Crippen molar-refractivity contribution in [3.05, 3.63) is 72.2 Å². The summed E-state index contributed by atoms with van der Waals surface area (Å²) in [4.78, 5) is 7.93. The number of aromatic nitrogens is 2. The van der Waals surface area contributed by atoms with E-state index in [1.165, 1.54) is 6.33 Å². The number of hydrogen-bond acceptors (Lipinski definition) is 5. The van der Waals surface area contributed by atoms with Crippen molar-refractivity contribution in [1.82, 2.24) is 14.7 Å². The SMILES string of the molecule is COc1ccc(-c2cc(CNS(=O)(=O)c3ccc(C(F)(F)F)cc3)ncn2)cc1. The highest BCUT2D eigenvalue weighted by Gasteiger charge is 2.30. The maximum absolute atomic E-state index is 12.6. The molecule has 0 spiro atoms. The molecule has 0 amide bonds. The summed E-state index contributed by atoms with van der Waals surface area (Å²) in [6.45, 7) is -0.144. The number of hydrogen-bond donors (Lipinski definition) is 1. The molecule has 0 atom stereocenters. The Morgan fingerprint density at radius 2 is 1.66 bits per heavy atom. The number of methoxy groups -OCH3 is 1. The quantitative estimate of drug-likeness (QED) is 0.655. The highest BCUT2D eigenvalue weighted by atomic mass is 32.2. The van der Waals surface area contributed by atoms with Crippen LogP contribution in [0.15, 0.2) is 65.8 Å². The van der Waals surface area contributed by atoms with E-state index in [0.29, 0.717) is 17.1 Å². The fraction of sp³-hybridized carbons (Fsp3) is 0.158. The second kappa shape index (κ2) is 8.18. The Morgan fingerprint density at radius 3 is 2.24 bits per heavy atom. The first-order valence-corrected chi connectivity index (χ1v) is 9.79. The number of ether oxygens (including phenoxy) is 1. The van der Waals surface area contributed by atoms with Gasteiger partial charge in [0.25, 0.3) is 0 Å². The van der Waals surface area contributed by atoms with Gasteiger partial charge in [-0.1, -0.05) is 0 Å². The maximum Gasteiger partial charge on any atom is 0.416 e. The predicted octanol–water partition coefficient (Wildman–Crippen LogP) is 3.65. The summed E-state index contributed by atoms with van der Waals surface area (Å²) in [5.41, 5.74) is 0.865. The van der Waals surface area contributed by atoms with Gasteiger partial charge in [-0.2, -0.15) is 13.2 Å². The Kier molecular flexibility index (Phi) is 5.85. The van der Waals surface area contributed by atoms with Crippen molar-refractivity contribution in [3.8, 4) is 17.0 Å². The van der Waals surface area contributed by atoms with Crippen LogP contribution in [0.1, 0.15) is 11.3 Å². The van der Waals surface area contributed by atoms with Crippen LogP contribution in [0, 0.1) is 0 Å². The lowest BCUT2D eigenvalue weighted by atomic mass is 10.1. The molecule has 0 bridgehead atoms. The Bertz CT molecular complexity index is 1080. The highest BCUT2D eigenvalue weighted by Crippen LogP contribution is 2.29. The van der Waals surface area contributed by atoms with Crippen LogP contribution in [0.5, 0.6) is 5.75 Å². The number of benzene rings is 2. The molecule has 1 heterocycles. The fourth-order valence-electron chi connectivity index (χ4n) is 2.49.